The van der Waals surface area contributed by atoms with Gasteiger partial charge in [0.2, 0.25) is 0 Å². The number of rotatable bonds is 3. The Kier molecular flexibility index (Phi) is 4.31. The molecule has 4 heteroatoms. The van der Waals surface area contributed by atoms with E-state index in [1.807, 2.05) is 35.2 Å². The molecule has 0 spiro atoms. The Balaban J connectivity index is 1.98. The van der Waals surface area contributed by atoms with Gasteiger partial charge in [-0.1, -0.05) is 30.3 Å². The van der Waals surface area contributed by atoms with E-state index in [9.17, 15) is 9.18 Å². The second-order valence-electron chi connectivity index (χ2n) is 4.73. The molecule has 3 nitrogen and oxygen atoms in total. The van der Waals surface area contributed by atoms with Crippen LogP contribution in [0, 0.1) is 5.92 Å². The van der Waals surface area contributed by atoms with Crippen LogP contribution in [-0.4, -0.2) is 37.2 Å². The maximum atomic E-state index is 13.6. The Hall–Kier alpha value is -1.42. The van der Waals surface area contributed by atoms with Crippen molar-refractivity contribution in [3.05, 3.63) is 35.9 Å². The van der Waals surface area contributed by atoms with Gasteiger partial charge in [0, 0.05) is 19.6 Å². The topological polar surface area (TPSA) is 29.5 Å². The fourth-order valence-corrected chi connectivity index (χ4v) is 2.43. The molecule has 0 amide bonds. The number of hydrogen-bond donors (Lipinski definition) is 0. The number of ether oxygens (including phenoxy) is 1. The van der Waals surface area contributed by atoms with Gasteiger partial charge in [-0.25, -0.2) is 4.39 Å². The predicted molar refractivity (Wildman–Crippen MR) is 66.7 cm³/mol. The highest BCUT2D eigenvalue weighted by Gasteiger charge is 2.32. The number of methoxy groups -OCH3 is 1. The van der Waals surface area contributed by atoms with Gasteiger partial charge in [0.25, 0.3) is 0 Å². The average molecular weight is 251 g/mol. The summed E-state index contributed by atoms with van der Waals surface area (Å²) >= 11 is 0. The van der Waals surface area contributed by atoms with Gasteiger partial charge >= 0.3 is 5.97 Å². The summed E-state index contributed by atoms with van der Waals surface area (Å²) in [6, 6.07) is 9.90. The van der Waals surface area contributed by atoms with E-state index in [-0.39, 0.29) is 18.3 Å². The number of carbonyl (C=O) groups excluding carboxylic acids is 1. The van der Waals surface area contributed by atoms with Crippen LogP contribution in [0.2, 0.25) is 0 Å². The minimum Gasteiger partial charge on any atom is -0.469 e. The molecule has 18 heavy (non-hydrogen) atoms. The largest absolute Gasteiger partial charge is 0.469 e. The van der Waals surface area contributed by atoms with E-state index in [1.165, 1.54) is 7.11 Å². The van der Waals surface area contributed by atoms with Gasteiger partial charge < -0.3 is 4.74 Å². The quantitative estimate of drug-likeness (QED) is 0.770. The highest BCUT2D eigenvalue weighted by Crippen LogP contribution is 2.22. The average Bonchev–Trinajstić information content (AvgIpc) is 2.38. The van der Waals surface area contributed by atoms with Gasteiger partial charge in [-0.2, -0.15) is 0 Å². The second kappa shape index (κ2) is 5.96. The zero-order valence-electron chi connectivity index (χ0n) is 10.5. The van der Waals surface area contributed by atoms with Crippen LogP contribution in [0.15, 0.2) is 30.3 Å². The van der Waals surface area contributed by atoms with Crippen LogP contribution in [0.25, 0.3) is 0 Å². The van der Waals surface area contributed by atoms with Crippen LogP contribution in [0.3, 0.4) is 0 Å². The molecule has 0 N–H and O–H groups in total. The first kappa shape index (κ1) is 13.0. The lowest BCUT2D eigenvalue weighted by Crippen LogP contribution is -2.44. The molecular weight excluding hydrogens is 233 g/mol. The van der Waals surface area contributed by atoms with Crippen LogP contribution < -0.4 is 0 Å². The van der Waals surface area contributed by atoms with Crippen molar-refractivity contribution in [2.24, 2.45) is 5.92 Å². The smallest absolute Gasteiger partial charge is 0.310 e. The molecule has 0 aromatic heterocycles. The fraction of sp³-hybridized carbons (Fsp3) is 0.500. The van der Waals surface area contributed by atoms with Crippen molar-refractivity contribution in [2.45, 2.75) is 19.1 Å². The van der Waals surface area contributed by atoms with Crippen LogP contribution in [0.5, 0.6) is 0 Å². The number of esters is 1. The molecule has 98 valence electrons. The summed E-state index contributed by atoms with van der Waals surface area (Å²) in [7, 11) is 1.35. The molecule has 2 rings (SSSR count). The highest BCUT2D eigenvalue weighted by atomic mass is 19.1. The molecule has 1 fully saturated rings. The van der Waals surface area contributed by atoms with Gasteiger partial charge in [-0.3, -0.25) is 9.69 Å². The lowest BCUT2D eigenvalue weighted by molar-refractivity contribution is -0.148. The molecule has 1 aromatic carbocycles. The maximum absolute atomic E-state index is 13.6. The minimum absolute atomic E-state index is 0.276. The van der Waals surface area contributed by atoms with Crippen molar-refractivity contribution in [2.75, 3.05) is 20.2 Å². The first-order valence-corrected chi connectivity index (χ1v) is 6.17. The Morgan fingerprint density at radius 2 is 2.11 bits per heavy atom. The van der Waals surface area contributed by atoms with Crippen molar-refractivity contribution < 1.29 is 13.9 Å². The normalized spacial score (nSPS) is 24.8. The molecule has 0 saturated carbocycles. The lowest BCUT2D eigenvalue weighted by atomic mass is 9.96. The van der Waals surface area contributed by atoms with E-state index < -0.39 is 6.17 Å². The van der Waals surface area contributed by atoms with Crippen LogP contribution in [0.1, 0.15) is 12.0 Å². The Bertz CT molecular complexity index is 396. The van der Waals surface area contributed by atoms with E-state index in [2.05, 4.69) is 0 Å². The molecule has 1 heterocycles. The monoisotopic (exact) mass is 251 g/mol. The summed E-state index contributed by atoms with van der Waals surface area (Å²) in [5.41, 5.74) is 1.13. The molecule has 1 aliphatic rings. The van der Waals surface area contributed by atoms with Crippen molar-refractivity contribution in [1.29, 1.82) is 0 Å². The zero-order chi connectivity index (χ0) is 13.0. The van der Waals surface area contributed by atoms with Gasteiger partial charge in [0.1, 0.15) is 6.17 Å². The maximum Gasteiger partial charge on any atom is 0.310 e. The fourth-order valence-electron chi connectivity index (χ4n) is 2.43. The zero-order valence-corrected chi connectivity index (χ0v) is 10.5. The third-order valence-electron chi connectivity index (χ3n) is 3.26. The lowest BCUT2D eigenvalue weighted by Gasteiger charge is -2.33. The molecule has 1 aliphatic heterocycles. The first-order chi connectivity index (χ1) is 8.69. The standard InChI is InChI=1S/C14H18FNO2/c1-18-14(17)12-7-13(15)10-16(9-12)8-11-5-3-2-4-6-11/h2-6,12-13H,7-10H2,1H3/t12-,13+/m1/s1. The van der Waals surface area contributed by atoms with Crippen LogP contribution >= 0.6 is 0 Å². The summed E-state index contributed by atoms with van der Waals surface area (Å²) in [6.45, 7) is 1.64. The summed E-state index contributed by atoms with van der Waals surface area (Å²) in [6.07, 6.45) is -0.677. The molecular formula is C14H18FNO2. The van der Waals surface area contributed by atoms with Gasteiger partial charge in [0.15, 0.2) is 0 Å². The number of hydrogen-bond acceptors (Lipinski definition) is 3. The number of alkyl halides is 1. The number of halogens is 1. The number of piperidine rings is 1. The number of carbonyl (C=O) groups is 1. The van der Waals surface area contributed by atoms with Crippen molar-refractivity contribution in [3.8, 4) is 0 Å². The van der Waals surface area contributed by atoms with Crippen LogP contribution in [-0.2, 0) is 16.1 Å². The molecule has 2 atom stereocenters. The Morgan fingerprint density at radius 1 is 1.39 bits per heavy atom. The molecule has 1 aromatic rings. The highest BCUT2D eigenvalue weighted by molar-refractivity contribution is 5.72. The molecule has 0 unspecified atom stereocenters. The van der Waals surface area contributed by atoms with E-state index in [4.69, 9.17) is 4.74 Å². The molecule has 1 saturated heterocycles. The van der Waals surface area contributed by atoms with Crippen molar-refractivity contribution >= 4 is 5.97 Å². The predicted octanol–water partition coefficient (Wildman–Crippen LogP) is 2.02. The minimum atomic E-state index is -0.952. The van der Waals surface area contributed by atoms with E-state index in [0.29, 0.717) is 19.6 Å². The van der Waals surface area contributed by atoms with Crippen molar-refractivity contribution in [1.82, 2.24) is 4.90 Å². The Morgan fingerprint density at radius 3 is 2.78 bits per heavy atom. The molecule has 0 aliphatic carbocycles. The first-order valence-electron chi connectivity index (χ1n) is 6.17. The summed E-state index contributed by atoms with van der Waals surface area (Å²) in [5.74, 6) is -0.655. The number of benzene rings is 1. The van der Waals surface area contributed by atoms with Crippen molar-refractivity contribution in [3.63, 3.8) is 0 Å². The van der Waals surface area contributed by atoms with Crippen LogP contribution in [0.4, 0.5) is 4.39 Å². The second-order valence-corrected chi connectivity index (χ2v) is 4.73. The molecule has 0 radical (unpaired) electrons. The third-order valence-corrected chi connectivity index (χ3v) is 3.26. The van der Waals surface area contributed by atoms with E-state index >= 15 is 0 Å². The number of likely N-dealkylation sites (tertiary alicyclic amines) is 1. The van der Waals surface area contributed by atoms with Gasteiger partial charge in [0.05, 0.1) is 13.0 Å². The SMILES string of the molecule is COC(=O)[C@@H]1C[C@H](F)CN(Cc2ccccc2)C1. The summed E-state index contributed by atoms with van der Waals surface area (Å²) in [4.78, 5) is 13.5. The van der Waals surface area contributed by atoms with E-state index in [0.717, 1.165) is 5.56 Å². The van der Waals surface area contributed by atoms with Gasteiger partial charge in [-0.05, 0) is 12.0 Å². The molecule has 0 bridgehead atoms. The van der Waals surface area contributed by atoms with Gasteiger partial charge in [-0.15, -0.1) is 0 Å². The number of nitrogens with zero attached hydrogens (tertiary/aromatic N) is 1. The summed E-state index contributed by atoms with van der Waals surface area (Å²) < 4.78 is 18.3. The van der Waals surface area contributed by atoms with E-state index in [1.54, 1.807) is 0 Å². The summed E-state index contributed by atoms with van der Waals surface area (Å²) in [5, 5.41) is 0. The third kappa shape index (κ3) is 3.29. The Labute approximate surface area is 107 Å².